The molecule has 0 spiro atoms. The number of benzene rings is 1. The van der Waals surface area contributed by atoms with Crippen molar-refractivity contribution in [1.29, 1.82) is 0 Å². The molecule has 2 N–H and O–H groups in total. The molecule has 0 aromatic heterocycles. The molecule has 1 atom stereocenters. The highest BCUT2D eigenvalue weighted by atomic mass is 16.4. The van der Waals surface area contributed by atoms with E-state index in [1.165, 1.54) is 11.0 Å². The Bertz CT molecular complexity index is 486. The van der Waals surface area contributed by atoms with Gasteiger partial charge in [0.2, 0.25) is 0 Å². The summed E-state index contributed by atoms with van der Waals surface area (Å²) in [6.45, 7) is 6.12. The van der Waals surface area contributed by atoms with Crippen LogP contribution < -0.4 is 10.2 Å². The van der Waals surface area contributed by atoms with Crippen LogP contribution in [0.5, 0.6) is 0 Å². The lowest BCUT2D eigenvalue weighted by Gasteiger charge is -2.23. The van der Waals surface area contributed by atoms with Crippen LogP contribution in [0.4, 0.5) is 10.5 Å². The number of carbonyl (C=O) groups excluding carboxylic acids is 1. The minimum atomic E-state index is -1.05. The van der Waals surface area contributed by atoms with Crippen molar-refractivity contribution in [1.82, 2.24) is 5.32 Å². The number of anilines is 1. The average Bonchev–Trinajstić information content (AvgIpc) is 2.36. The highest BCUT2D eigenvalue weighted by Gasteiger charge is 2.19. The topological polar surface area (TPSA) is 69.6 Å². The Balaban J connectivity index is 2.82. The molecule has 20 heavy (non-hydrogen) atoms. The Morgan fingerprint density at radius 2 is 1.85 bits per heavy atom. The van der Waals surface area contributed by atoms with Crippen LogP contribution in [0.25, 0.3) is 0 Å². The summed E-state index contributed by atoms with van der Waals surface area (Å²) in [6, 6.07) is 6.20. The number of nitrogens with one attached hydrogen (secondary N) is 1. The summed E-state index contributed by atoms with van der Waals surface area (Å²) < 4.78 is 0. The SMILES string of the molecule is CC(C)CC(C)NC(=O)N(C)c1ccccc1C(=O)O. The van der Waals surface area contributed by atoms with E-state index in [4.69, 9.17) is 5.11 Å². The minimum absolute atomic E-state index is 0.0435. The lowest BCUT2D eigenvalue weighted by Crippen LogP contribution is -2.43. The fraction of sp³-hybridized carbons (Fsp3) is 0.467. The number of aromatic carboxylic acids is 1. The number of hydrogen-bond donors (Lipinski definition) is 2. The van der Waals surface area contributed by atoms with E-state index in [1.54, 1.807) is 25.2 Å². The highest BCUT2D eigenvalue weighted by Crippen LogP contribution is 2.19. The number of hydrogen-bond acceptors (Lipinski definition) is 2. The molecule has 1 rings (SSSR count). The third-order valence-electron chi connectivity index (χ3n) is 3.00. The molecular weight excluding hydrogens is 256 g/mol. The van der Waals surface area contributed by atoms with E-state index in [1.807, 2.05) is 6.92 Å². The molecule has 110 valence electrons. The molecule has 0 heterocycles. The van der Waals surface area contributed by atoms with Gasteiger partial charge in [0.1, 0.15) is 0 Å². The van der Waals surface area contributed by atoms with Gasteiger partial charge in [-0.05, 0) is 31.4 Å². The van der Waals surface area contributed by atoms with Gasteiger partial charge in [0.05, 0.1) is 11.3 Å². The van der Waals surface area contributed by atoms with Gasteiger partial charge in [-0.1, -0.05) is 26.0 Å². The van der Waals surface area contributed by atoms with Gasteiger partial charge in [-0.25, -0.2) is 9.59 Å². The van der Waals surface area contributed by atoms with Crippen molar-refractivity contribution in [3.8, 4) is 0 Å². The number of nitrogens with zero attached hydrogens (tertiary/aromatic N) is 1. The Labute approximate surface area is 119 Å². The van der Waals surface area contributed by atoms with Crippen LogP contribution >= 0.6 is 0 Å². The maximum absolute atomic E-state index is 12.1. The molecule has 0 aliphatic heterocycles. The summed E-state index contributed by atoms with van der Waals surface area (Å²) in [5.41, 5.74) is 0.496. The molecule has 0 radical (unpaired) electrons. The number of carboxylic acids is 1. The summed E-state index contributed by atoms with van der Waals surface area (Å²) in [7, 11) is 1.57. The van der Waals surface area contributed by atoms with E-state index in [2.05, 4.69) is 19.2 Å². The maximum atomic E-state index is 12.1. The van der Waals surface area contributed by atoms with Crippen molar-refractivity contribution >= 4 is 17.7 Å². The van der Waals surface area contributed by atoms with E-state index in [-0.39, 0.29) is 17.6 Å². The number of rotatable bonds is 5. The molecule has 1 aromatic carbocycles. The maximum Gasteiger partial charge on any atom is 0.337 e. The van der Waals surface area contributed by atoms with Crippen LogP contribution in [-0.4, -0.2) is 30.2 Å². The second-order valence-electron chi connectivity index (χ2n) is 5.36. The second kappa shape index (κ2) is 6.93. The molecule has 5 nitrogen and oxygen atoms in total. The van der Waals surface area contributed by atoms with Gasteiger partial charge in [-0.2, -0.15) is 0 Å². The highest BCUT2D eigenvalue weighted by molar-refractivity contribution is 6.01. The van der Waals surface area contributed by atoms with E-state index < -0.39 is 5.97 Å². The number of urea groups is 1. The van der Waals surface area contributed by atoms with Crippen molar-refractivity contribution < 1.29 is 14.7 Å². The monoisotopic (exact) mass is 278 g/mol. The molecule has 1 unspecified atom stereocenters. The van der Waals surface area contributed by atoms with Crippen molar-refractivity contribution in [2.75, 3.05) is 11.9 Å². The Morgan fingerprint density at radius 1 is 1.25 bits per heavy atom. The second-order valence-corrected chi connectivity index (χ2v) is 5.36. The predicted molar refractivity (Wildman–Crippen MR) is 79.3 cm³/mol. The summed E-state index contributed by atoms with van der Waals surface area (Å²) in [4.78, 5) is 24.6. The van der Waals surface area contributed by atoms with Crippen molar-refractivity contribution in [3.63, 3.8) is 0 Å². The molecule has 5 heteroatoms. The van der Waals surface area contributed by atoms with Crippen LogP contribution in [0.15, 0.2) is 24.3 Å². The molecule has 0 saturated carbocycles. The van der Waals surface area contributed by atoms with Crippen LogP contribution in [-0.2, 0) is 0 Å². The minimum Gasteiger partial charge on any atom is -0.478 e. The standard InChI is InChI=1S/C15H22N2O3/c1-10(2)9-11(3)16-15(20)17(4)13-8-6-5-7-12(13)14(18)19/h5-8,10-11H,9H2,1-4H3,(H,16,20)(H,18,19). The van der Waals surface area contributed by atoms with Crippen molar-refractivity contribution in [2.24, 2.45) is 5.92 Å². The van der Waals surface area contributed by atoms with Crippen LogP contribution in [0.2, 0.25) is 0 Å². The third kappa shape index (κ3) is 4.26. The van der Waals surface area contributed by atoms with E-state index in [0.717, 1.165) is 6.42 Å². The largest absolute Gasteiger partial charge is 0.478 e. The summed E-state index contributed by atoms with van der Waals surface area (Å²) >= 11 is 0. The molecule has 2 amide bonds. The Kier molecular flexibility index (Phi) is 5.55. The lowest BCUT2D eigenvalue weighted by atomic mass is 10.1. The average molecular weight is 278 g/mol. The zero-order valence-corrected chi connectivity index (χ0v) is 12.4. The van der Waals surface area contributed by atoms with Gasteiger partial charge in [-0.3, -0.25) is 4.90 Å². The Hall–Kier alpha value is -2.04. The van der Waals surface area contributed by atoms with E-state index in [9.17, 15) is 9.59 Å². The van der Waals surface area contributed by atoms with E-state index >= 15 is 0 Å². The first-order valence-corrected chi connectivity index (χ1v) is 6.69. The van der Waals surface area contributed by atoms with Crippen molar-refractivity contribution in [3.05, 3.63) is 29.8 Å². The molecule has 0 fully saturated rings. The van der Waals surface area contributed by atoms with Crippen LogP contribution in [0.3, 0.4) is 0 Å². The molecule has 0 bridgehead atoms. The number of carboxylic acid groups (broad SMARTS) is 1. The fourth-order valence-electron chi connectivity index (χ4n) is 2.13. The first kappa shape index (κ1) is 16.0. The molecule has 0 aliphatic rings. The van der Waals surface area contributed by atoms with Gasteiger partial charge in [0, 0.05) is 13.1 Å². The normalized spacial score (nSPS) is 12.1. The first-order valence-electron chi connectivity index (χ1n) is 6.69. The summed E-state index contributed by atoms with van der Waals surface area (Å²) in [5, 5.41) is 12.0. The smallest absolute Gasteiger partial charge is 0.337 e. The van der Waals surface area contributed by atoms with Gasteiger partial charge >= 0.3 is 12.0 Å². The first-order chi connectivity index (χ1) is 9.32. The zero-order valence-electron chi connectivity index (χ0n) is 12.4. The Morgan fingerprint density at radius 3 is 2.40 bits per heavy atom. The zero-order chi connectivity index (χ0) is 15.3. The third-order valence-corrected chi connectivity index (χ3v) is 3.00. The summed E-state index contributed by atoms with van der Waals surface area (Å²) in [6.07, 6.45) is 0.875. The van der Waals surface area contributed by atoms with Gasteiger partial charge in [-0.15, -0.1) is 0 Å². The van der Waals surface area contributed by atoms with Crippen molar-refractivity contribution in [2.45, 2.75) is 33.2 Å². The molecule has 0 aliphatic carbocycles. The summed E-state index contributed by atoms with van der Waals surface area (Å²) in [5.74, 6) is -0.558. The number of para-hydroxylation sites is 1. The van der Waals surface area contributed by atoms with Gasteiger partial charge in [0.25, 0.3) is 0 Å². The van der Waals surface area contributed by atoms with Crippen LogP contribution in [0.1, 0.15) is 37.6 Å². The molecule has 0 saturated heterocycles. The number of amides is 2. The number of carbonyl (C=O) groups is 2. The van der Waals surface area contributed by atoms with Crippen LogP contribution in [0, 0.1) is 5.92 Å². The lowest BCUT2D eigenvalue weighted by molar-refractivity contribution is 0.0697. The fourth-order valence-corrected chi connectivity index (χ4v) is 2.13. The quantitative estimate of drug-likeness (QED) is 0.870. The molecule has 1 aromatic rings. The molecular formula is C15H22N2O3. The van der Waals surface area contributed by atoms with Gasteiger partial charge in [0.15, 0.2) is 0 Å². The van der Waals surface area contributed by atoms with Gasteiger partial charge < -0.3 is 10.4 Å². The van der Waals surface area contributed by atoms with E-state index in [0.29, 0.717) is 11.6 Å². The predicted octanol–water partition coefficient (Wildman–Crippen LogP) is 2.97.